The van der Waals surface area contributed by atoms with Gasteiger partial charge in [-0.05, 0) is 17.7 Å². The molecule has 2 rings (SSSR count). The van der Waals surface area contributed by atoms with Gasteiger partial charge in [-0.2, -0.15) is 5.26 Å². The predicted molar refractivity (Wildman–Crippen MR) is 63.0 cm³/mol. The van der Waals surface area contributed by atoms with Gasteiger partial charge in [-0.3, -0.25) is 0 Å². The van der Waals surface area contributed by atoms with Crippen molar-refractivity contribution in [2.45, 2.75) is 0 Å². The lowest BCUT2D eigenvalue weighted by Crippen LogP contribution is -1.89. The van der Waals surface area contributed by atoms with Crippen molar-refractivity contribution in [3.8, 4) is 11.8 Å². The molecular weight excluding hydrogens is 222 g/mol. The van der Waals surface area contributed by atoms with Crippen LogP contribution in [0.15, 0.2) is 49.1 Å². The van der Waals surface area contributed by atoms with Crippen molar-refractivity contribution in [1.82, 2.24) is 9.55 Å². The molecule has 0 bridgehead atoms. The van der Waals surface area contributed by atoms with Gasteiger partial charge >= 0.3 is 0 Å². The molecule has 1 aromatic heterocycles. The highest BCUT2D eigenvalue weighted by Crippen LogP contribution is 2.19. The van der Waals surface area contributed by atoms with E-state index >= 15 is 0 Å². The second-order valence-electron chi connectivity index (χ2n) is 3.14. The van der Waals surface area contributed by atoms with E-state index < -0.39 is 0 Å². The standard InChI is InChI=1S/C12H8ClN3/c13-12(5-6-14)10-1-3-11(4-2-10)16-8-7-15-9-16/h1-5,7-9H. The quantitative estimate of drug-likeness (QED) is 0.743. The fourth-order valence-electron chi connectivity index (χ4n) is 1.34. The second-order valence-corrected chi connectivity index (χ2v) is 3.55. The second kappa shape index (κ2) is 4.65. The minimum absolute atomic E-state index is 0.444. The van der Waals surface area contributed by atoms with Crippen molar-refractivity contribution in [3.05, 3.63) is 54.6 Å². The molecule has 0 aliphatic carbocycles. The Hall–Kier alpha value is -2.05. The number of nitrogens with zero attached hydrogens (tertiary/aromatic N) is 3. The molecular formula is C12H8ClN3. The highest BCUT2D eigenvalue weighted by Gasteiger charge is 1.99. The molecule has 3 nitrogen and oxygen atoms in total. The molecule has 0 amide bonds. The van der Waals surface area contributed by atoms with Crippen molar-refractivity contribution in [2.24, 2.45) is 0 Å². The fourth-order valence-corrected chi connectivity index (χ4v) is 1.52. The highest BCUT2D eigenvalue weighted by atomic mass is 35.5. The third-order valence-corrected chi connectivity index (χ3v) is 2.46. The molecule has 78 valence electrons. The molecule has 1 heterocycles. The lowest BCUT2D eigenvalue weighted by molar-refractivity contribution is 1.06. The monoisotopic (exact) mass is 229 g/mol. The molecule has 0 unspecified atom stereocenters. The Morgan fingerprint density at radius 1 is 1.38 bits per heavy atom. The van der Waals surface area contributed by atoms with Crippen LogP contribution in [0.25, 0.3) is 10.7 Å². The molecule has 0 fully saturated rings. The van der Waals surface area contributed by atoms with Crippen molar-refractivity contribution in [2.75, 3.05) is 0 Å². The van der Waals surface area contributed by atoms with Gasteiger partial charge in [-0.25, -0.2) is 4.98 Å². The molecule has 0 atom stereocenters. The third kappa shape index (κ3) is 2.13. The van der Waals surface area contributed by atoms with E-state index in [9.17, 15) is 0 Å². The van der Waals surface area contributed by atoms with Crippen LogP contribution in [0, 0.1) is 11.3 Å². The Labute approximate surface area is 98.2 Å². The van der Waals surface area contributed by atoms with Gasteiger partial charge in [0.15, 0.2) is 0 Å². The van der Waals surface area contributed by atoms with E-state index in [0.29, 0.717) is 5.03 Å². The average molecular weight is 230 g/mol. The summed E-state index contributed by atoms with van der Waals surface area (Å²) in [5.41, 5.74) is 1.83. The number of imidazole rings is 1. The van der Waals surface area contributed by atoms with E-state index in [1.165, 1.54) is 6.08 Å². The summed E-state index contributed by atoms with van der Waals surface area (Å²) in [5.74, 6) is 0. The van der Waals surface area contributed by atoms with Crippen LogP contribution in [0.2, 0.25) is 0 Å². The Kier molecular flexibility index (Phi) is 3.04. The number of hydrogen-bond acceptors (Lipinski definition) is 2. The van der Waals surface area contributed by atoms with Gasteiger partial charge in [0.1, 0.15) is 0 Å². The number of hydrogen-bond donors (Lipinski definition) is 0. The van der Waals surface area contributed by atoms with E-state index in [1.54, 1.807) is 12.5 Å². The first-order chi connectivity index (χ1) is 7.81. The van der Waals surface area contributed by atoms with Gasteiger partial charge in [0.05, 0.1) is 17.4 Å². The zero-order valence-electron chi connectivity index (χ0n) is 8.34. The number of halogens is 1. The van der Waals surface area contributed by atoms with Crippen molar-refractivity contribution < 1.29 is 0 Å². The summed E-state index contributed by atoms with van der Waals surface area (Å²) in [6.07, 6.45) is 6.62. The molecule has 1 aromatic carbocycles. The van der Waals surface area contributed by atoms with Gasteiger partial charge < -0.3 is 4.57 Å². The smallest absolute Gasteiger partial charge is 0.0991 e. The first-order valence-corrected chi connectivity index (χ1v) is 5.03. The van der Waals surface area contributed by atoms with Crippen LogP contribution in [0.4, 0.5) is 0 Å². The van der Waals surface area contributed by atoms with Crippen molar-refractivity contribution in [3.63, 3.8) is 0 Å². The minimum atomic E-state index is 0.444. The maximum Gasteiger partial charge on any atom is 0.0991 e. The van der Waals surface area contributed by atoms with Gasteiger partial charge in [-0.1, -0.05) is 23.7 Å². The number of aromatic nitrogens is 2. The van der Waals surface area contributed by atoms with Gasteiger partial charge in [0, 0.05) is 24.2 Å². The Bertz CT molecular complexity index is 533. The molecule has 4 heteroatoms. The Morgan fingerprint density at radius 2 is 2.12 bits per heavy atom. The first-order valence-electron chi connectivity index (χ1n) is 4.65. The zero-order valence-corrected chi connectivity index (χ0v) is 9.09. The summed E-state index contributed by atoms with van der Waals surface area (Å²) in [6, 6.07) is 9.47. The van der Waals surface area contributed by atoms with Gasteiger partial charge in [-0.15, -0.1) is 0 Å². The Morgan fingerprint density at radius 3 is 2.69 bits per heavy atom. The zero-order chi connectivity index (χ0) is 11.4. The van der Waals surface area contributed by atoms with E-state index in [2.05, 4.69) is 4.98 Å². The average Bonchev–Trinajstić information content (AvgIpc) is 2.83. The molecule has 16 heavy (non-hydrogen) atoms. The summed E-state index contributed by atoms with van der Waals surface area (Å²) in [6.45, 7) is 0. The maximum atomic E-state index is 8.48. The Balaban J connectivity index is 2.31. The molecule has 0 spiro atoms. The SMILES string of the molecule is N#CC=C(Cl)c1ccc(-n2ccnc2)cc1. The van der Waals surface area contributed by atoms with E-state index in [0.717, 1.165) is 11.3 Å². The van der Waals surface area contributed by atoms with E-state index in [-0.39, 0.29) is 0 Å². The number of nitriles is 1. The van der Waals surface area contributed by atoms with Gasteiger partial charge in [0.25, 0.3) is 0 Å². The number of benzene rings is 1. The summed E-state index contributed by atoms with van der Waals surface area (Å²) in [4.78, 5) is 3.97. The third-order valence-electron chi connectivity index (χ3n) is 2.14. The van der Waals surface area contributed by atoms with Crippen LogP contribution in [0.3, 0.4) is 0 Å². The topological polar surface area (TPSA) is 41.6 Å². The van der Waals surface area contributed by atoms with Gasteiger partial charge in [0.2, 0.25) is 0 Å². The summed E-state index contributed by atoms with van der Waals surface area (Å²) in [7, 11) is 0. The first kappa shape index (κ1) is 10.5. The van der Waals surface area contributed by atoms with Crippen LogP contribution in [0.1, 0.15) is 5.56 Å². The van der Waals surface area contributed by atoms with Crippen LogP contribution in [-0.2, 0) is 0 Å². The summed E-state index contributed by atoms with van der Waals surface area (Å²) >= 11 is 5.90. The summed E-state index contributed by atoms with van der Waals surface area (Å²) in [5, 5.41) is 8.92. The van der Waals surface area contributed by atoms with E-state index in [4.69, 9.17) is 16.9 Å². The highest BCUT2D eigenvalue weighted by molar-refractivity contribution is 6.48. The summed E-state index contributed by atoms with van der Waals surface area (Å²) < 4.78 is 1.89. The van der Waals surface area contributed by atoms with E-state index in [1.807, 2.05) is 41.1 Å². The fraction of sp³-hybridized carbons (Fsp3) is 0. The molecule has 0 aliphatic rings. The lowest BCUT2D eigenvalue weighted by Gasteiger charge is -2.03. The number of rotatable bonds is 2. The molecule has 0 saturated heterocycles. The number of allylic oxidation sites excluding steroid dienone is 1. The predicted octanol–water partition coefficient (Wildman–Crippen LogP) is 2.98. The normalized spacial score (nSPS) is 11.1. The molecule has 0 aliphatic heterocycles. The van der Waals surface area contributed by atoms with Crippen molar-refractivity contribution in [1.29, 1.82) is 5.26 Å². The lowest BCUT2D eigenvalue weighted by atomic mass is 10.2. The van der Waals surface area contributed by atoms with Crippen molar-refractivity contribution >= 4 is 16.6 Å². The largest absolute Gasteiger partial charge is 0.306 e. The molecule has 0 radical (unpaired) electrons. The van der Waals surface area contributed by atoms with Crippen LogP contribution in [0.5, 0.6) is 0 Å². The maximum absolute atomic E-state index is 8.48. The molecule has 2 aromatic rings. The van der Waals surface area contributed by atoms with Crippen LogP contribution < -0.4 is 0 Å². The minimum Gasteiger partial charge on any atom is -0.306 e. The molecule has 0 saturated carbocycles. The van der Waals surface area contributed by atoms with Crippen LogP contribution >= 0.6 is 11.6 Å². The molecule has 0 N–H and O–H groups in total. The van der Waals surface area contributed by atoms with Crippen LogP contribution in [-0.4, -0.2) is 9.55 Å².